The van der Waals surface area contributed by atoms with Gasteiger partial charge in [-0.25, -0.2) is 4.79 Å². The molecule has 1 saturated carbocycles. The van der Waals surface area contributed by atoms with Gasteiger partial charge in [0.15, 0.2) is 0 Å². The van der Waals surface area contributed by atoms with Crippen molar-refractivity contribution < 1.29 is 14.3 Å². The molecule has 0 unspecified atom stereocenters. The Balaban J connectivity index is 1.75. The van der Waals surface area contributed by atoms with Crippen LogP contribution in [0.15, 0.2) is 48.5 Å². The monoisotopic (exact) mass is 340 g/mol. The van der Waals surface area contributed by atoms with Crippen LogP contribution in [0.5, 0.6) is 11.5 Å². The SMILES string of the molecule is COc1ccc(C2(NC(=O)Nc3cccc(OC)c3)CCCC2)cc1. The normalized spacial score (nSPS) is 15.4. The molecular formula is C20H24N2O3. The molecule has 2 aromatic carbocycles. The summed E-state index contributed by atoms with van der Waals surface area (Å²) in [6, 6.07) is 15.1. The summed E-state index contributed by atoms with van der Waals surface area (Å²) < 4.78 is 10.4. The first-order chi connectivity index (χ1) is 12.1. The van der Waals surface area contributed by atoms with Crippen molar-refractivity contribution in [3.05, 3.63) is 54.1 Å². The molecule has 2 N–H and O–H groups in total. The van der Waals surface area contributed by atoms with Gasteiger partial charge in [0.05, 0.1) is 19.8 Å². The molecule has 1 aliphatic rings. The van der Waals surface area contributed by atoms with E-state index in [0.717, 1.165) is 37.0 Å². The third-order valence-electron chi connectivity index (χ3n) is 4.78. The molecule has 5 heteroatoms. The van der Waals surface area contributed by atoms with Crippen LogP contribution in [0, 0.1) is 0 Å². The fourth-order valence-electron chi connectivity index (χ4n) is 3.45. The van der Waals surface area contributed by atoms with Crippen molar-refractivity contribution in [2.24, 2.45) is 0 Å². The molecule has 3 rings (SSSR count). The van der Waals surface area contributed by atoms with Crippen molar-refractivity contribution in [3.63, 3.8) is 0 Å². The van der Waals surface area contributed by atoms with Crippen LogP contribution in [0.3, 0.4) is 0 Å². The predicted octanol–water partition coefficient (Wildman–Crippen LogP) is 4.29. The van der Waals surface area contributed by atoms with Gasteiger partial charge in [-0.3, -0.25) is 0 Å². The van der Waals surface area contributed by atoms with Crippen LogP contribution in [-0.4, -0.2) is 20.3 Å². The molecule has 0 saturated heterocycles. The highest BCUT2D eigenvalue weighted by Crippen LogP contribution is 2.39. The lowest BCUT2D eigenvalue weighted by molar-refractivity contribution is 0.236. The molecule has 0 aliphatic heterocycles. The number of methoxy groups -OCH3 is 2. The third-order valence-corrected chi connectivity index (χ3v) is 4.78. The van der Waals surface area contributed by atoms with Crippen molar-refractivity contribution in [2.45, 2.75) is 31.2 Å². The summed E-state index contributed by atoms with van der Waals surface area (Å²) in [7, 11) is 3.26. The van der Waals surface area contributed by atoms with Crippen molar-refractivity contribution in [2.75, 3.05) is 19.5 Å². The third kappa shape index (κ3) is 3.87. The number of carbonyl (C=O) groups is 1. The van der Waals surface area contributed by atoms with Crippen LogP contribution in [0.25, 0.3) is 0 Å². The molecule has 0 heterocycles. The van der Waals surface area contributed by atoms with Crippen LogP contribution < -0.4 is 20.1 Å². The van der Waals surface area contributed by atoms with Crippen LogP contribution in [0.4, 0.5) is 10.5 Å². The fraction of sp³-hybridized carbons (Fsp3) is 0.350. The van der Waals surface area contributed by atoms with E-state index < -0.39 is 0 Å². The number of nitrogens with one attached hydrogen (secondary N) is 2. The largest absolute Gasteiger partial charge is 0.497 e. The Kier molecular flexibility index (Phi) is 5.12. The van der Waals surface area contributed by atoms with E-state index in [1.807, 2.05) is 42.5 Å². The number of urea groups is 1. The zero-order valence-corrected chi connectivity index (χ0v) is 14.7. The molecule has 25 heavy (non-hydrogen) atoms. The number of hydrogen-bond acceptors (Lipinski definition) is 3. The summed E-state index contributed by atoms with van der Waals surface area (Å²) in [5, 5.41) is 6.11. The standard InChI is InChI=1S/C20H24N2O3/c1-24-17-10-8-15(9-11-17)20(12-3-4-13-20)22-19(23)21-16-6-5-7-18(14-16)25-2/h5-11,14H,3-4,12-13H2,1-2H3,(H2,21,22,23). The lowest BCUT2D eigenvalue weighted by Gasteiger charge is -2.31. The van der Waals surface area contributed by atoms with E-state index in [-0.39, 0.29) is 11.6 Å². The quantitative estimate of drug-likeness (QED) is 0.853. The van der Waals surface area contributed by atoms with E-state index in [2.05, 4.69) is 10.6 Å². The van der Waals surface area contributed by atoms with Crippen LogP contribution in [-0.2, 0) is 5.54 Å². The van der Waals surface area contributed by atoms with E-state index in [1.165, 1.54) is 0 Å². The molecule has 0 aromatic heterocycles. The molecule has 0 bridgehead atoms. The zero-order chi connectivity index (χ0) is 17.7. The number of amides is 2. The Morgan fingerprint density at radius 1 is 0.960 bits per heavy atom. The molecule has 5 nitrogen and oxygen atoms in total. The highest BCUT2D eigenvalue weighted by Gasteiger charge is 2.37. The number of carbonyl (C=O) groups excluding carboxylic acids is 1. The summed E-state index contributed by atoms with van der Waals surface area (Å²) in [4.78, 5) is 12.6. The Labute approximate surface area is 148 Å². The minimum absolute atomic E-state index is 0.203. The molecule has 0 radical (unpaired) electrons. The van der Waals surface area contributed by atoms with Gasteiger partial charge in [-0.05, 0) is 42.7 Å². The van der Waals surface area contributed by atoms with Gasteiger partial charge < -0.3 is 20.1 Å². The summed E-state index contributed by atoms with van der Waals surface area (Å²) in [6.07, 6.45) is 4.08. The number of rotatable bonds is 5. The molecule has 132 valence electrons. The lowest BCUT2D eigenvalue weighted by atomic mass is 9.88. The van der Waals surface area contributed by atoms with Crippen LogP contribution in [0.2, 0.25) is 0 Å². The molecule has 1 aliphatic carbocycles. The van der Waals surface area contributed by atoms with Crippen molar-refractivity contribution in [1.29, 1.82) is 0 Å². The second kappa shape index (κ2) is 7.47. The van der Waals surface area contributed by atoms with Crippen molar-refractivity contribution in [1.82, 2.24) is 5.32 Å². The summed E-state index contributed by atoms with van der Waals surface area (Å²) in [5.74, 6) is 1.53. The molecule has 0 spiro atoms. The Morgan fingerprint density at radius 2 is 1.64 bits per heavy atom. The van der Waals surface area contributed by atoms with Crippen LogP contribution >= 0.6 is 0 Å². The second-order valence-electron chi connectivity index (χ2n) is 6.33. The van der Waals surface area contributed by atoms with E-state index in [4.69, 9.17) is 9.47 Å². The van der Waals surface area contributed by atoms with Gasteiger partial charge in [-0.1, -0.05) is 31.0 Å². The molecule has 0 atom stereocenters. The average molecular weight is 340 g/mol. The van der Waals surface area contributed by atoms with Crippen molar-refractivity contribution in [3.8, 4) is 11.5 Å². The molecule has 1 fully saturated rings. The first kappa shape index (κ1) is 17.1. The minimum Gasteiger partial charge on any atom is -0.497 e. The van der Waals surface area contributed by atoms with E-state index >= 15 is 0 Å². The highest BCUT2D eigenvalue weighted by atomic mass is 16.5. The minimum atomic E-state index is -0.324. The maximum absolute atomic E-state index is 12.6. The summed E-state index contributed by atoms with van der Waals surface area (Å²) >= 11 is 0. The van der Waals surface area contributed by atoms with Gasteiger partial charge >= 0.3 is 6.03 Å². The first-order valence-electron chi connectivity index (χ1n) is 8.53. The van der Waals surface area contributed by atoms with Crippen LogP contribution in [0.1, 0.15) is 31.2 Å². The smallest absolute Gasteiger partial charge is 0.319 e. The van der Waals surface area contributed by atoms with Gasteiger partial charge in [0.2, 0.25) is 0 Å². The van der Waals surface area contributed by atoms with E-state index in [9.17, 15) is 4.79 Å². The predicted molar refractivity (Wildman–Crippen MR) is 98.3 cm³/mol. The highest BCUT2D eigenvalue weighted by molar-refractivity contribution is 5.90. The molecule has 2 amide bonds. The number of benzene rings is 2. The first-order valence-corrected chi connectivity index (χ1v) is 8.53. The Hall–Kier alpha value is -2.69. The second-order valence-corrected chi connectivity index (χ2v) is 6.33. The zero-order valence-electron chi connectivity index (χ0n) is 14.7. The van der Waals surface area contributed by atoms with Gasteiger partial charge in [-0.15, -0.1) is 0 Å². The van der Waals surface area contributed by atoms with Gasteiger partial charge in [0, 0.05) is 11.8 Å². The van der Waals surface area contributed by atoms with Gasteiger partial charge in [0.25, 0.3) is 0 Å². The summed E-state index contributed by atoms with van der Waals surface area (Å²) in [6.45, 7) is 0. The number of anilines is 1. The van der Waals surface area contributed by atoms with E-state index in [1.54, 1.807) is 20.3 Å². The fourth-order valence-corrected chi connectivity index (χ4v) is 3.45. The van der Waals surface area contributed by atoms with Crippen molar-refractivity contribution >= 4 is 11.7 Å². The topological polar surface area (TPSA) is 59.6 Å². The van der Waals surface area contributed by atoms with Gasteiger partial charge in [-0.2, -0.15) is 0 Å². The lowest BCUT2D eigenvalue weighted by Crippen LogP contribution is -2.45. The molecule has 2 aromatic rings. The van der Waals surface area contributed by atoms with Gasteiger partial charge in [0.1, 0.15) is 11.5 Å². The maximum atomic E-state index is 12.6. The average Bonchev–Trinajstić information content (AvgIpc) is 3.11. The molecular weight excluding hydrogens is 316 g/mol. The van der Waals surface area contributed by atoms with E-state index in [0.29, 0.717) is 11.4 Å². The summed E-state index contributed by atoms with van der Waals surface area (Å²) in [5.41, 5.74) is 1.50. The Bertz CT molecular complexity index is 722. The maximum Gasteiger partial charge on any atom is 0.319 e. The number of ether oxygens (including phenoxy) is 2. The number of hydrogen-bond donors (Lipinski definition) is 2. The Morgan fingerprint density at radius 3 is 2.28 bits per heavy atom.